The highest BCUT2D eigenvalue weighted by Gasteiger charge is 2.29. The van der Waals surface area contributed by atoms with Crippen molar-refractivity contribution in [3.8, 4) is 0 Å². The van der Waals surface area contributed by atoms with Crippen LogP contribution >= 0.6 is 12.2 Å². The number of aromatic nitrogens is 2. The van der Waals surface area contributed by atoms with Gasteiger partial charge < -0.3 is 14.3 Å². The first-order chi connectivity index (χ1) is 8.43. The van der Waals surface area contributed by atoms with Gasteiger partial charge in [0, 0.05) is 36.4 Å². The Kier molecular flexibility index (Phi) is 3.97. The standard InChI is InChI=1S/C14H24N2OS/c1-5-11-10(6-7-17-11)9-16-12(14(2,3)4)8-15-13(16)18/h8,10-11H,5-7,9H2,1-4H3,(H,15,18). The van der Waals surface area contributed by atoms with Crippen LogP contribution in [0.3, 0.4) is 0 Å². The monoisotopic (exact) mass is 268 g/mol. The van der Waals surface area contributed by atoms with Gasteiger partial charge in [-0.25, -0.2) is 0 Å². The summed E-state index contributed by atoms with van der Waals surface area (Å²) in [5, 5.41) is 0. The number of imidazole rings is 1. The van der Waals surface area contributed by atoms with Gasteiger partial charge >= 0.3 is 0 Å². The van der Waals surface area contributed by atoms with E-state index < -0.39 is 0 Å². The van der Waals surface area contributed by atoms with Crippen LogP contribution in [0.4, 0.5) is 0 Å². The van der Waals surface area contributed by atoms with E-state index in [4.69, 9.17) is 17.0 Å². The van der Waals surface area contributed by atoms with E-state index in [1.165, 1.54) is 5.69 Å². The summed E-state index contributed by atoms with van der Waals surface area (Å²) in [6.07, 6.45) is 4.69. The lowest BCUT2D eigenvalue weighted by Gasteiger charge is -2.24. The maximum absolute atomic E-state index is 5.77. The van der Waals surface area contributed by atoms with Gasteiger partial charge in [0.05, 0.1) is 6.10 Å². The molecule has 1 aliphatic heterocycles. The third kappa shape index (κ3) is 2.69. The SMILES string of the molecule is CCC1OCCC1Cn1c(C(C)(C)C)c[nH]c1=S. The van der Waals surface area contributed by atoms with Crippen LogP contribution in [-0.4, -0.2) is 22.3 Å². The molecular formula is C14H24N2OS. The van der Waals surface area contributed by atoms with Gasteiger partial charge in [0.2, 0.25) is 0 Å². The minimum atomic E-state index is 0.120. The van der Waals surface area contributed by atoms with Gasteiger partial charge in [0.15, 0.2) is 4.77 Å². The zero-order chi connectivity index (χ0) is 13.3. The largest absolute Gasteiger partial charge is 0.378 e. The van der Waals surface area contributed by atoms with E-state index in [0.29, 0.717) is 12.0 Å². The van der Waals surface area contributed by atoms with Gasteiger partial charge in [-0.05, 0) is 25.1 Å². The van der Waals surface area contributed by atoms with Crippen LogP contribution in [0.5, 0.6) is 0 Å². The Morgan fingerprint density at radius 1 is 1.50 bits per heavy atom. The quantitative estimate of drug-likeness (QED) is 0.848. The molecule has 2 atom stereocenters. The van der Waals surface area contributed by atoms with Crippen molar-refractivity contribution < 1.29 is 4.74 Å². The third-order valence-corrected chi connectivity index (χ3v) is 4.14. The number of hydrogen-bond acceptors (Lipinski definition) is 2. The van der Waals surface area contributed by atoms with Crippen molar-refractivity contribution in [2.24, 2.45) is 5.92 Å². The molecule has 1 saturated heterocycles. The Hall–Kier alpha value is -0.610. The smallest absolute Gasteiger partial charge is 0.177 e. The van der Waals surface area contributed by atoms with Crippen molar-refractivity contribution in [1.29, 1.82) is 0 Å². The Morgan fingerprint density at radius 2 is 2.22 bits per heavy atom. The molecule has 2 heterocycles. The molecule has 1 aromatic rings. The summed E-state index contributed by atoms with van der Waals surface area (Å²) in [4.78, 5) is 3.19. The Morgan fingerprint density at radius 3 is 2.83 bits per heavy atom. The minimum Gasteiger partial charge on any atom is -0.378 e. The molecular weight excluding hydrogens is 244 g/mol. The summed E-state index contributed by atoms with van der Waals surface area (Å²) in [5.74, 6) is 0.596. The number of nitrogens with zero attached hydrogens (tertiary/aromatic N) is 1. The maximum Gasteiger partial charge on any atom is 0.177 e. The molecule has 2 rings (SSSR count). The van der Waals surface area contributed by atoms with Crippen molar-refractivity contribution in [1.82, 2.24) is 9.55 Å². The third-order valence-electron chi connectivity index (χ3n) is 3.80. The molecule has 0 aromatic carbocycles. The second-order valence-electron chi connectivity index (χ2n) is 6.21. The van der Waals surface area contributed by atoms with Crippen molar-refractivity contribution >= 4 is 12.2 Å². The maximum atomic E-state index is 5.77. The van der Waals surface area contributed by atoms with E-state index in [1.54, 1.807) is 0 Å². The zero-order valence-electron chi connectivity index (χ0n) is 11.8. The van der Waals surface area contributed by atoms with Gasteiger partial charge in [0.1, 0.15) is 0 Å². The average molecular weight is 268 g/mol. The number of nitrogens with one attached hydrogen (secondary N) is 1. The van der Waals surface area contributed by atoms with Gasteiger partial charge in [-0.2, -0.15) is 0 Å². The minimum absolute atomic E-state index is 0.120. The molecule has 1 aromatic heterocycles. The molecule has 0 saturated carbocycles. The zero-order valence-corrected chi connectivity index (χ0v) is 12.6. The van der Waals surface area contributed by atoms with Gasteiger partial charge in [-0.1, -0.05) is 27.7 Å². The Balaban J connectivity index is 2.24. The van der Waals surface area contributed by atoms with Crippen molar-refractivity contribution in [3.05, 3.63) is 16.7 Å². The number of H-pyrrole nitrogens is 1. The molecule has 0 bridgehead atoms. The van der Waals surface area contributed by atoms with E-state index >= 15 is 0 Å². The topological polar surface area (TPSA) is 29.9 Å². The van der Waals surface area contributed by atoms with Crippen molar-refractivity contribution in [2.75, 3.05) is 6.61 Å². The van der Waals surface area contributed by atoms with Crippen LogP contribution in [-0.2, 0) is 16.7 Å². The lowest BCUT2D eigenvalue weighted by molar-refractivity contribution is 0.0830. The molecule has 1 aliphatic rings. The summed E-state index contributed by atoms with van der Waals surface area (Å²) < 4.78 is 8.87. The second-order valence-corrected chi connectivity index (χ2v) is 6.59. The van der Waals surface area contributed by atoms with Crippen LogP contribution in [0.1, 0.15) is 46.2 Å². The first kappa shape index (κ1) is 13.8. The van der Waals surface area contributed by atoms with E-state index in [-0.39, 0.29) is 5.41 Å². The predicted octanol–water partition coefficient (Wildman–Crippen LogP) is 3.66. The first-order valence-corrected chi connectivity index (χ1v) is 7.24. The molecule has 0 radical (unpaired) electrons. The van der Waals surface area contributed by atoms with Gasteiger partial charge in [-0.3, -0.25) is 0 Å². The Bertz CT molecular complexity index is 455. The van der Waals surface area contributed by atoms with Crippen molar-refractivity contribution in [2.45, 2.75) is 58.6 Å². The lowest BCUT2D eigenvalue weighted by Crippen LogP contribution is -2.24. The van der Waals surface area contributed by atoms with Crippen molar-refractivity contribution in [3.63, 3.8) is 0 Å². The molecule has 102 valence electrons. The highest BCUT2D eigenvalue weighted by atomic mass is 32.1. The molecule has 0 spiro atoms. The lowest BCUT2D eigenvalue weighted by atomic mass is 9.92. The van der Waals surface area contributed by atoms with Crippen LogP contribution in [0, 0.1) is 10.7 Å². The summed E-state index contributed by atoms with van der Waals surface area (Å²) >= 11 is 5.42. The predicted molar refractivity (Wildman–Crippen MR) is 76.5 cm³/mol. The molecule has 0 aliphatic carbocycles. The molecule has 4 heteroatoms. The molecule has 1 fully saturated rings. The van der Waals surface area contributed by atoms with E-state index in [1.807, 2.05) is 0 Å². The number of aromatic amines is 1. The van der Waals surface area contributed by atoms with Crippen LogP contribution in [0.15, 0.2) is 6.20 Å². The molecule has 1 N–H and O–H groups in total. The van der Waals surface area contributed by atoms with E-state index in [9.17, 15) is 0 Å². The average Bonchev–Trinajstić information content (AvgIpc) is 2.86. The number of ether oxygens (including phenoxy) is 1. The number of rotatable bonds is 3. The molecule has 0 amide bonds. The fourth-order valence-electron chi connectivity index (χ4n) is 2.79. The number of hydrogen-bond donors (Lipinski definition) is 1. The normalized spacial score (nSPS) is 24.7. The van der Waals surface area contributed by atoms with E-state index in [2.05, 4.69) is 43.4 Å². The van der Waals surface area contributed by atoms with E-state index in [0.717, 1.165) is 30.8 Å². The highest BCUT2D eigenvalue weighted by Crippen LogP contribution is 2.28. The van der Waals surface area contributed by atoms with Crippen LogP contribution < -0.4 is 0 Å². The summed E-state index contributed by atoms with van der Waals surface area (Å²) in [5.41, 5.74) is 1.41. The fraction of sp³-hybridized carbons (Fsp3) is 0.786. The molecule has 18 heavy (non-hydrogen) atoms. The summed E-state index contributed by atoms with van der Waals surface area (Å²) in [6.45, 7) is 10.8. The fourth-order valence-corrected chi connectivity index (χ4v) is 3.02. The Labute approximate surface area is 115 Å². The van der Waals surface area contributed by atoms with Gasteiger partial charge in [0.25, 0.3) is 0 Å². The molecule has 3 nitrogen and oxygen atoms in total. The highest BCUT2D eigenvalue weighted by molar-refractivity contribution is 7.71. The second kappa shape index (κ2) is 5.17. The summed E-state index contributed by atoms with van der Waals surface area (Å²) in [6, 6.07) is 0. The first-order valence-electron chi connectivity index (χ1n) is 6.83. The summed E-state index contributed by atoms with van der Waals surface area (Å²) in [7, 11) is 0. The van der Waals surface area contributed by atoms with Crippen LogP contribution in [0.2, 0.25) is 0 Å². The van der Waals surface area contributed by atoms with Gasteiger partial charge in [-0.15, -0.1) is 0 Å². The van der Waals surface area contributed by atoms with Crippen LogP contribution in [0.25, 0.3) is 0 Å². The molecule has 2 unspecified atom stereocenters.